The molecule has 0 saturated heterocycles. The van der Waals surface area contributed by atoms with E-state index in [1.165, 1.54) is 0 Å². The molecule has 1 aliphatic heterocycles. The number of nitrogens with one attached hydrogen (secondary N) is 2. The normalized spacial score (nSPS) is 14.8. The number of fused-ring (bicyclic) bond motifs is 1. The molecular formula is C6H8N2O2. The van der Waals surface area contributed by atoms with E-state index in [-0.39, 0.29) is 11.8 Å². The van der Waals surface area contributed by atoms with E-state index >= 15 is 0 Å². The molecule has 1 aromatic rings. The van der Waals surface area contributed by atoms with E-state index in [2.05, 4.69) is 10.3 Å². The minimum absolute atomic E-state index is 0.0324. The number of anilines is 1. The summed E-state index contributed by atoms with van der Waals surface area (Å²) in [5.74, 6) is 0.113. The van der Waals surface area contributed by atoms with Gasteiger partial charge in [-0.1, -0.05) is 0 Å². The van der Waals surface area contributed by atoms with Crippen LogP contribution in [0.3, 0.4) is 0 Å². The van der Waals surface area contributed by atoms with Gasteiger partial charge in [0.25, 0.3) is 0 Å². The Morgan fingerprint density at radius 2 is 2.00 bits per heavy atom. The SMILES string of the molecule is Oc1[nH]c(O)c2c1CCN2. The lowest BCUT2D eigenvalue weighted by Crippen LogP contribution is -1.92. The first-order valence-electron chi connectivity index (χ1n) is 3.15. The quantitative estimate of drug-likeness (QED) is 0.421. The van der Waals surface area contributed by atoms with Gasteiger partial charge in [-0.15, -0.1) is 0 Å². The van der Waals surface area contributed by atoms with Crippen LogP contribution in [0.4, 0.5) is 5.69 Å². The van der Waals surface area contributed by atoms with E-state index < -0.39 is 0 Å². The zero-order valence-corrected chi connectivity index (χ0v) is 5.31. The van der Waals surface area contributed by atoms with Crippen molar-refractivity contribution in [1.82, 2.24) is 4.98 Å². The van der Waals surface area contributed by atoms with Crippen molar-refractivity contribution in [3.05, 3.63) is 5.56 Å². The molecule has 2 heterocycles. The molecule has 4 heteroatoms. The molecule has 0 aliphatic carbocycles. The van der Waals surface area contributed by atoms with E-state index in [9.17, 15) is 0 Å². The van der Waals surface area contributed by atoms with Gasteiger partial charge in [-0.25, -0.2) is 0 Å². The minimum Gasteiger partial charge on any atom is -0.494 e. The van der Waals surface area contributed by atoms with Crippen molar-refractivity contribution in [1.29, 1.82) is 0 Å². The van der Waals surface area contributed by atoms with E-state index in [4.69, 9.17) is 10.2 Å². The van der Waals surface area contributed by atoms with E-state index in [0.29, 0.717) is 5.69 Å². The molecule has 54 valence electrons. The van der Waals surface area contributed by atoms with Crippen molar-refractivity contribution < 1.29 is 10.2 Å². The predicted molar refractivity (Wildman–Crippen MR) is 36.3 cm³/mol. The van der Waals surface area contributed by atoms with Crippen molar-refractivity contribution in [3.8, 4) is 11.8 Å². The molecule has 2 rings (SSSR count). The molecule has 4 N–H and O–H groups in total. The summed E-state index contributed by atoms with van der Waals surface area (Å²) >= 11 is 0. The highest BCUT2D eigenvalue weighted by Gasteiger charge is 2.20. The smallest absolute Gasteiger partial charge is 0.215 e. The maximum absolute atomic E-state index is 9.10. The average Bonchev–Trinajstić information content (AvgIpc) is 2.39. The van der Waals surface area contributed by atoms with Crippen LogP contribution in [0.5, 0.6) is 11.8 Å². The van der Waals surface area contributed by atoms with Crippen molar-refractivity contribution in [2.45, 2.75) is 6.42 Å². The highest BCUT2D eigenvalue weighted by molar-refractivity contribution is 5.66. The zero-order valence-electron chi connectivity index (χ0n) is 5.31. The Hall–Kier alpha value is -1.32. The highest BCUT2D eigenvalue weighted by Crippen LogP contribution is 2.37. The molecule has 1 aliphatic rings. The molecule has 0 saturated carbocycles. The van der Waals surface area contributed by atoms with Crippen molar-refractivity contribution in [3.63, 3.8) is 0 Å². The van der Waals surface area contributed by atoms with Crippen LogP contribution < -0.4 is 5.32 Å². The fourth-order valence-corrected chi connectivity index (χ4v) is 1.26. The summed E-state index contributed by atoms with van der Waals surface area (Å²) in [5, 5.41) is 21.1. The Labute approximate surface area is 57.5 Å². The van der Waals surface area contributed by atoms with Crippen molar-refractivity contribution in [2.75, 3.05) is 11.9 Å². The van der Waals surface area contributed by atoms with Gasteiger partial charge in [-0.3, -0.25) is 4.98 Å². The van der Waals surface area contributed by atoms with Crippen molar-refractivity contribution >= 4 is 5.69 Å². The van der Waals surface area contributed by atoms with Gasteiger partial charge in [0.1, 0.15) is 5.69 Å². The van der Waals surface area contributed by atoms with E-state index in [1.807, 2.05) is 0 Å². The molecule has 0 fully saturated rings. The Balaban J connectivity index is 2.61. The molecular weight excluding hydrogens is 132 g/mol. The minimum atomic E-state index is 0.0324. The molecule has 10 heavy (non-hydrogen) atoms. The average molecular weight is 140 g/mol. The second-order valence-corrected chi connectivity index (χ2v) is 2.35. The Morgan fingerprint density at radius 1 is 1.20 bits per heavy atom. The molecule has 0 spiro atoms. The monoisotopic (exact) mass is 140 g/mol. The van der Waals surface area contributed by atoms with Crippen LogP contribution >= 0.6 is 0 Å². The van der Waals surface area contributed by atoms with Crippen LogP contribution in [0.2, 0.25) is 0 Å². The summed E-state index contributed by atoms with van der Waals surface area (Å²) in [6, 6.07) is 0. The predicted octanol–water partition coefficient (Wildman–Crippen LogP) is 0.394. The summed E-state index contributed by atoms with van der Waals surface area (Å²) in [6.45, 7) is 0.792. The molecule has 0 amide bonds. The molecule has 4 nitrogen and oxygen atoms in total. The van der Waals surface area contributed by atoms with Gasteiger partial charge < -0.3 is 15.5 Å². The summed E-state index contributed by atoms with van der Waals surface area (Å²) in [6.07, 6.45) is 0.776. The second-order valence-electron chi connectivity index (χ2n) is 2.35. The third-order valence-electron chi connectivity index (χ3n) is 1.74. The maximum Gasteiger partial charge on any atom is 0.215 e. The van der Waals surface area contributed by atoms with Crippen LogP contribution in [-0.2, 0) is 6.42 Å². The van der Waals surface area contributed by atoms with Crippen LogP contribution in [0.1, 0.15) is 5.56 Å². The van der Waals surface area contributed by atoms with Crippen LogP contribution in [0.15, 0.2) is 0 Å². The zero-order chi connectivity index (χ0) is 7.14. The summed E-state index contributed by atoms with van der Waals surface area (Å²) in [5.41, 5.74) is 1.44. The lowest BCUT2D eigenvalue weighted by atomic mass is 10.2. The summed E-state index contributed by atoms with van der Waals surface area (Å²) in [7, 11) is 0. The maximum atomic E-state index is 9.10. The number of aromatic amines is 1. The number of aromatic nitrogens is 1. The van der Waals surface area contributed by atoms with Gasteiger partial charge >= 0.3 is 0 Å². The first-order valence-corrected chi connectivity index (χ1v) is 3.15. The number of hydrogen-bond donors (Lipinski definition) is 4. The third kappa shape index (κ3) is 0.504. The Morgan fingerprint density at radius 3 is 2.70 bits per heavy atom. The highest BCUT2D eigenvalue weighted by atomic mass is 16.3. The van der Waals surface area contributed by atoms with Gasteiger partial charge in [0.05, 0.1) is 0 Å². The fourth-order valence-electron chi connectivity index (χ4n) is 1.26. The molecule has 1 aromatic heterocycles. The lowest BCUT2D eigenvalue weighted by molar-refractivity contribution is 0.423. The number of aromatic hydroxyl groups is 2. The standard InChI is InChI=1S/C6H8N2O2/c9-5-3-1-2-7-4(3)6(10)8-5/h7-10H,1-2H2. The van der Waals surface area contributed by atoms with Crippen LogP contribution in [-0.4, -0.2) is 21.7 Å². The van der Waals surface area contributed by atoms with Gasteiger partial charge in [0, 0.05) is 12.1 Å². The summed E-state index contributed by atoms with van der Waals surface area (Å²) < 4.78 is 0. The number of rotatable bonds is 0. The third-order valence-corrected chi connectivity index (χ3v) is 1.74. The first-order chi connectivity index (χ1) is 4.79. The molecule has 0 aromatic carbocycles. The Kier molecular flexibility index (Phi) is 0.869. The van der Waals surface area contributed by atoms with Gasteiger partial charge in [-0.2, -0.15) is 0 Å². The largest absolute Gasteiger partial charge is 0.494 e. The number of H-pyrrole nitrogens is 1. The molecule has 0 atom stereocenters. The molecule has 0 unspecified atom stereocenters. The Bertz CT molecular complexity index is 242. The molecule has 0 bridgehead atoms. The number of hydrogen-bond acceptors (Lipinski definition) is 3. The summed E-state index contributed by atoms with van der Waals surface area (Å²) in [4.78, 5) is 2.43. The van der Waals surface area contributed by atoms with Crippen LogP contribution in [0.25, 0.3) is 0 Å². The van der Waals surface area contributed by atoms with E-state index in [0.717, 1.165) is 18.5 Å². The van der Waals surface area contributed by atoms with Crippen LogP contribution in [0, 0.1) is 0 Å². The first kappa shape index (κ1) is 5.46. The van der Waals surface area contributed by atoms with Gasteiger partial charge in [-0.05, 0) is 6.42 Å². The topological polar surface area (TPSA) is 68.3 Å². The molecule has 0 radical (unpaired) electrons. The lowest BCUT2D eigenvalue weighted by Gasteiger charge is -1.91. The van der Waals surface area contributed by atoms with E-state index in [1.54, 1.807) is 0 Å². The van der Waals surface area contributed by atoms with Crippen molar-refractivity contribution in [2.24, 2.45) is 0 Å². The van der Waals surface area contributed by atoms with Gasteiger partial charge in [0.2, 0.25) is 5.88 Å². The van der Waals surface area contributed by atoms with Gasteiger partial charge in [0.15, 0.2) is 5.88 Å². The fraction of sp³-hybridized carbons (Fsp3) is 0.333. The second kappa shape index (κ2) is 1.59.